The molecule has 0 aliphatic carbocycles. The lowest BCUT2D eigenvalue weighted by Gasteiger charge is -2.00. The van der Waals surface area contributed by atoms with E-state index >= 15 is 0 Å². The number of phenols is 1. The van der Waals surface area contributed by atoms with E-state index in [1.165, 1.54) is 6.21 Å². The number of hydrazone groups is 1. The van der Waals surface area contributed by atoms with Gasteiger partial charge < -0.3 is 5.11 Å². The van der Waals surface area contributed by atoms with E-state index in [0.29, 0.717) is 10.6 Å². The second-order valence-electron chi connectivity index (χ2n) is 3.80. The molecule has 2 rings (SSSR count). The topological polar surface area (TPSA) is 61.7 Å². The van der Waals surface area contributed by atoms with Gasteiger partial charge in [-0.3, -0.25) is 4.79 Å². The zero-order valence-electron chi connectivity index (χ0n) is 9.88. The molecule has 96 valence electrons. The Morgan fingerprint density at radius 2 is 1.95 bits per heavy atom. The number of phenolic OH excluding ortho intramolecular Hbond substituents is 1. The van der Waals surface area contributed by atoms with Gasteiger partial charge >= 0.3 is 0 Å². The highest BCUT2D eigenvalue weighted by molar-refractivity contribution is 6.30. The number of nitrogens with zero attached hydrogens (tertiary/aromatic N) is 1. The molecule has 0 aromatic heterocycles. The van der Waals surface area contributed by atoms with E-state index < -0.39 is 0 Å². The van der Waals surface area contributed by atoms with Gasteiger partial charge in [0.05, 0.1) is 6.21 Å². The summed E-state index contributed by atoms with van der Waals surface area (Å²) in [6.45, 7) is 0. The molecule has 4 nitrogen and oxygen atoms in total. The second kappa shape index (κ2) is 6.02. The van der Waals surface area contributed by atoms with Crippen LogP contribution in [0.4, 0.5) is 0 Å². The van der Waals surface area contributed by atoms with E-state index in [1.807, 2.05) is 0 Å². The van der Waals surface area contributed by atoms with E-state index in [0.717, 1.165) is 5.56 Å². The second-order valence-corrected chi connectivity index (χ2v) is 4.24. The van der Waals surface area contributed by atoms with Crippen LogP contribution in [0.2, 0.25) is 5.02 Å². The highest BCUT2D eigenvalue weighted by atomic mass is 35.5. The summed E-state index contributed by atoms with van der Waals surface area (Å²) in [7, 11) is 0. The van der Waals surface area contributed by atoms with Crippen LogP contribution in [0.1, 0.15) is 15.9 Å². The molecule has 0 aliphatic heterocycles. The van der Waals surface area contributed by atoms with Gasteiger partial charge in [0.15, 0.2) is 0 Å². The number of rotatable bonds is 3. The maximum atomic E-state index is 11.7. The highest BCUT2D eigenvalue weighted by Crippen LogP contribution is 2.10. The third kappa shape index (κ3) is 3.82. The lowest BCUT2D eigenvalue weighted by molar-refractivity contribution is 0.0955. The average Bonchev–Trinajstić information content (AvgIpc) is 2.41. The smallest absolute Gasteiger partial charge is 0.271 e. The van der Waals surface area contributed by atoms with Crippen LogP contribution in [0.25, 0.3) is 0 Å². The monoisotopic (exact) mass is 274 g/mol. The minimum atomic E-state index is -0.336. The van der Waals surface area contributed by atoms with E-state index in [-0.39, 0.29) is 11.7 Å². The Kier molecular flexibility index (Phi) is 4.15. The normalized spacial score (nSPS) is 10.6. The molecule has 0 saturated carbocycles. The number of carbonyl (C=O) groups excluding carboxylic acids is 1. The van der Waals surface area contributed by atoms with Gasteiger partial charge in [-0.1, -0.05) is 17.7 Å². The number of hydrogen-bond donors (Lipinski definition) is 2. The Morgan fingerprint density at radius 3 is 2.63 bits per heavy atom. The first-order chi connectivity index (χ1) is 9.15. The zero-order valence-corrected chi connectivity index (χ0v) is 10.6. The van der Waals surface area contributed by atoms with Crippen molar-refractivity contribution >= 4 is 23.7 Å². The van der Waals surface area contributed by atoms with E-state index in [9.17, 15) is 4.79 Å². The molecule has 2 aromatic carbocycles. The average molecular weight is 275 g/mol. The van der Waals surface area contributed by atoms with Crippen molar-refractivity contribution in [1.82, 2.24) is 5.43 Å². The molecule has 0 unspecified atom stereocenters. The Bertz CT molecular complexity index is 609. The number of benzene rings is 2. The molecule has 0 spiro atoms. The van der Waals surface area contributed by atoms with Crippen molar-refractivity contribution in [2.45, 2.75) is 0 Å². The number of carbonyl (C=O) groups is 1. The molecule has 0 radical (unpaired) electrons. The van der Waals surface area contributed by atoms with Gasteiger partial charge in [0.1, 0.15) is 5.75 Å². The van der Waals surface area contributed by atoms with Gasteiger partial charge in [-0.15, -0.1) is 0 Å². The number of amides is 1. The molecule has 0 atom stereocenters. The molecule has 0 fully saturated rings. The summed E-state index contributed by atoms with van der Waals surface area (Å²) in [5.41, 5.74) is 3.61. The first-order valence-corrected chi connectivity index (χ1v) is 5.91. The van der Waals surface area contributed by atoms with Gasteiger partial charge in [-0.2, -0.15) is 5.10 Å². The Morgan fingerprint density at radius 1 is 1.21 bits per heavy atom. The number of nitrogens with one attached hydrogen (secondary N) is 1. The molecule has 19 heavy (non-hydrogen) atoms. The predicted molar refractivity (Wildman–Crippen MR) is 74.6 cm³/mol. The first-order valence-electron chi connectivity index (χ1n) is 5.53. The molecule has 0 saturated heterocycles. The summed E-state index contributed by atoms with van der Waals surface area (Å²) in [5, 5.41) is 13.4. The quantitative estimate of drug-likeness (QED) is 0.668. The third-order valence-electron chi connectivity index (χ3n) is 2.36. The number of halogens is 1. The van der Waals surface area contributed by atoms with E-state index in [1.54, 1.807) is 48.5 Å². The highest BCUT2D eigenvalue weighted by Gasteiger charge is 2.03. The molecule has 0 bridgehead atoms. The van der Waals surface area contributed by atoms with Crippen LogP contribution >= 0.6 is 11.6 Å². The van der Waals surface area contributed by atoms with Crippen molar-refractivity contribution in [2.24, 2.45) is 5.10 Å². The van der Waals surface area contributed by atoms with Crippen LogP contribution < -0.4 is 5.43 Å². The van der Waals surface area contributed by atoms with Crippen molar-refractivity contribution < 1.29 is 9.90 Å². The molecule has 0 aliphatic rings. The van der Waals surface area contributed by atoms with Crippen molar-refractivity contribution in [1.29, 1.82) is 0 Å². The standard InChI is InChI=1S/C14H11ClN2O2/c15-12-3-1-2-11(8-12)14(19)17-16-9-10-4-6-13(18)7-5-10/h1-9,18H,(H,17,19). The van der Waals surface area contributed by atoms with Gasteiger partial charge in [-0.25, -0.2) is 5.43 Å². The summed E-state index contributed by atoms with van der Waals surface area (Å²) in [4.78, 5) is 11.7. The molecule has 5 heteroatoms. The number of aromatic hydroxyl groups is 1. The fraction of sp³-hybridized carbons (Fsp3) is 0. The van der Waals surface area contributed by atoms with Crippen molar-refractivity contribution in [3.8, 4) is 5.75 Å². The lowest BCUT2D eigenvalue weighted by Crippen LogP contribution is -2.17. The summed E-state index contributed by atoms with van der Waals surface area (Å²) in [6.07, 6.45) is 1.49. The molecule has 1 amide bonds. The fourth-order valence-corrected chi connectivity index (χ4v) is 1.61. The van der Waals surface area contributed by atoms with Crippen LogP contribution in [0, 0.1) is 0 Å². The van der Waals surface area contributed by atoms with Gasteiger partial charge in [-0.05, 0) is 48.0 Å². The summed E-state index contributed by atoms with van der Waals surface area (Å²) >= 11 is 5.79. The number of hydrogen-bond acceptors (Lipinski definition) is 3. The molecular formula is C14H11ClN2O2. The van der Waals surface area contributed by atoms with Gasteiger partial charge in [0, 0.05) is 10.6 Å². The summed E-state index contributed by atoms with van der Waals surface area (Å²) in [5.74, 6) is -0.155. The molecular weight excluding hydrogens is 264 g/mol. The van der Waals surface area contributed by atoms with E-state index in [4.69, 9.17) is 16.7 Å². The maximum Gasteiger partial charge on any atom is 0.271 e. The van der Waals surface area contributed by atoms with Crippen LogP contribution in [-0.4, -0.2) is 17.2 Å². The zero-order chi connectivity index (χ0) is 13.7. The van der Waals surface area contributed by atoms with Gasteiger partial charge in [0.25, 0.3) is 5.91 Å². The Hall–Kier alpha value is -2.33. The SMILES string of the molecule is O=C(NN=Cc1ccc(O)cc1)c1cccc(Cl)c1. The van der Waals surface area contributed by atoms with Gasteiger partial charge in [0.2, 0.25) is 0 Å². The Balaban J connectivity index is 1.98. The fourth-order valence-electron chi connectivity index (χ4n) is 1.42. The molecule has 0 heterocycles. The first kappa shape index (κ1) is 13.1. The van der Waals surface area contributed by atoms with Crippen LogP contribution in [0.3, 0.4) is 0 Å². The van der Waals surface area contributed by atoms with Crippen molar-refractivity contribution in [3.63, 3.8) is 0 Å². The van der Waals surface area contributed by atoms with Crippen molar-refractivity contribution in [3.05, 3.63) is 64.7 Å². The van der Waals surface area contributed by atoms with Crippen LogP contribution in [0.15, 0.2) is 53.6 Å². The van der Waals surface area contributed by atoms with Crippen molar-refractivity contribution in [2.75, 3.05) is 0 Å². The predicted octanol–water partition coefficient (Wildman–Crippen LogP) is 2.81. The third-order valence-corrected chi connectivity index (χ3v) is 2.59. The lowest BCUT2D eigenvalue weighted by atomic mass is 10.2. The maximum absolute atomic E-state index is 11.7. The summed E-state index contributed by atoms with van der Waals surface area (Å²) < 4.78 is 0. The largest absolute Gasteiger partial charge is 0.508 e. The molecule has 2 aromatic rings. The van der Waals surface area contributed by atoms with E-state index in [2.05, 4.69) is 10.5 Å². The minimum Gasteiger partial charge on any atom is -0.508 e. The molecule has 2 N–H and O–H groups in total. The van der Waals surface area contributed by atoms with Crippen LogP contribution in [-0.2, 0) is 0 Å². The summed E-state index contributed by atoms with van der Waals surface area (Å²) in [6, 6.07) is 13.1. The van der Waals surface area contributed by atoms with Crippen LogP contribution in [0.5, 0.6) is 5.75 Å². The minimum absolute atomic E-state index is 0.181. The Labute approximate surface area is 115 Å².